The summed E-state index contributed by atoms with van der Waals surface area (Å²) < 4.78 is 0. The van der Waals surface area contributed by atoms with E-state index in [0.717, 1.165) is 44.5 Å². The van der Waals surface area contributed by atoms with E-state index in [9.17, 15) is 9.59 Å². The summed E-state index contributed by atoms with van der Waals surface area (Å²) in [5, 5.41) is 9.23. The number of nitrogens with zero attached hydrogens (tertiary/aromatic N) is 2. The highest BCUT2D eigenvalue weighted by Crippen LogP contribution is 2.08. The molecule has 1 atom stereocenters. The predicted molar refractivity (Wildman–Crippen MR) is 128 cm³/mol. The lowest BCUT2D eigenvalue weighted by Gasteiger charge is -2.17. The van der Waals surface area contributed by atoms with Crippen molar-refractivity contribution in [2.75, 3.05) is 26.2 Å². The maximum Gasteiger partial charge on any atom is 0.251 e. The molecule has 29 heavy (non-hydrogen) atoms. The summed E-state index contributed by atoms with van der Waals surface area (Å²) in [6, 6.07) is 7.62. The fraction of sp³-hybridized carbons (Fsp3) is 0.571. The Hall–Kier alpha value is -1.84. The third-order valence-electron chi connectivity index (χ3n) is 4.84. The molecule has 1 saturated heterocycles. The second kappa shape index (κ2) is 13.4. The average molecular weight is 515 g/mol. The molecule has 1 aromatic rings. The molecular weight excluding hydrogens is 481 g/mol. The van der Waals surface area contributed by atoms with Crippen LogP contribution in [0.4, 0.5) is 0 Å². The number of carbonyl (C=O) groups excluding carboxylic acids is 2. The first-order chi connectivity index (χ1) is 13.5. The van der Waals surface area contributed by atoms with Crippen molar-refractivity contribution in [3.05, 3.63) is 35.4 Å². The number of hydrogen-bond donors (Lipinski definition) is 3. The number of halogens is 1. The fourth-order valence-electron chi connectivity index (χ4n) is 2.92. The summed E-state index contributed by atoms with van der Waals surface area (Å²) in [6.45, 7) is 9.17. The molecule has 162 valence electrons. The van der Waals surface area contributed by atoms with Crippen LogP contribution in [0.15, 0.2) is 29.3 Å². The molecule has 3 N–H and O–H groups in total. The van der Waals surface area contributed by atoms with Crippen molar-refractivity contribution in [3.8, 4) is 0 Å². The van der Waals surface area contributed by atoms with Crippen molar-refractivity contribution in [2.24, 2.45) is 4.99 Å². The summed E-state index contributed by atoms with van der Waals surface area (Å²) in [6.07, 6.45) is 3.08. The average Bonchev–Trinajstić information content (AvgIpc) is 3.25. The molecule has 0 radical (unpaired) electrons. The maximum atomic E-state index is 12.2. The Morgan fingerprint density at radius 3 is 2.34 bits per heavy atom. The van der Waals surface area contributed by atoms with Crippen LogP contribution < -0.4 is 16.0 Å². The highest BCUT2D eigenvalue weighted by atomic mass is 127. The van der Waals surface area contributed by atoms with Crippen molar-refractivity contribution >= 4 is 41.8 Å². The highest BCUT2D eigenvalue weighted by molar-refractivity contribution is 14.0. The third-order valence-corrected chi connectivity index (χ3v) is 4.84. The summed E-state index contributed by atoms with van der Waals surface area (Å²) in [7, 11) is 0. The molecule has 1 aliphatic rings. The third kappa shape index (κ3) is 8.59. The molecule has 0 aromatic heterocycles. The second-order valence-corrected chi connectivity index (χ2v) is 7.12. The van der Waals surface area contributed by atoms with Gasteiger partial charge < -0.3 is 20.9 Å². The quantitative estimate of drug-likeness (QED) is 0.282. The molecule has 1 heterocycles. The molecule has 2 rings (SSSR count). The number of rotatable bonds is 8. The van der Waals surface area contributed by atoms with Crippen LogP contribution >= 0.6 is 24.0 Å². The van der Waals surface area contributed by atoms with Gasteiger partial charge in [0.25, 0.3) is 5.91 Å². The largest absolute Gasteiger partial charge is 0.357 e. The van der Waals surface area contributed by atoms with Gasteiger partial charge in [-0.1, -0.05) is 19.1 Å². The first-order valence-electron chi connectivity index (χ1n) is 10.2. The highest BCUT2D eigenvalue weighted by Gasteiger charge is 2.17. The number of guanidine groups is 1. The number of amides is 2. The van der Waals surface area contributed by atoms with E-state index in [0.29, 0.717) is 18.1 Å². The Morgan fingerprint density at radius 1 is 1.10 bits per heavy atom. The van der Waals surface area contributed by atoms with Gasteiger partial charge in [0.05, 0.1) is 13.1 Å². The molecule has 0 bridgehead atoms. The lowest BCUT2D eigenvalue weighted by molar-refractivity contribution is -0.128. The summed E-state index contributed by atoms with van der Waals surface area (Å²) >= 11 is 0. The molecule has 2 amide bonds. The van der Waals surface area contributed by atoms with E-state index in [1.807, 2.05) is 49.9 Å². The number of nitrogens with one attached hydrogen (secondary N) is 3. The molecule has 0 spiro atoms. The van der Waals surface area contributed by atoms with Crippen LogP contribution in [0, 0.1) is 0 Å². The van der Waals surface area contributed by atoms with Crippen LogP contribution in [0.1, 0.15) is 56.0 Å². The second-order valence-electron chi connectivity index (χ2n) is 7.12. The van der Waals surface area contributed by atoms with E-state index in [2.05, 4.69) is 20.9 Å². The summed E-state index contributed by atoms with van der Waals surface area (Å²) in [4.78, 5) is 30.7. The van der Waals surface area contributed by atoms with Crippen molar-refractivity contribution in [3.63, 3.8) is 0 Å². The molecule has 1 aliphatic heterocycles. The maximum absolute atomic E-state index is 12.2. The van der Waals surface area contributed by atoms with Gasteiger partial charge in [-0.15, -0.1) is 24.0 Å². The van der Waals surface area contributed by atoms with Gasteiger partial charge in [-0.2, -0.15) is 0 Å². The van der Waals surface area contributed by atoms with Crippen molar-refractivity contribution in [1.82, 2.24) is 20.9 Å². The van der Waals surface area contributed by atoms with Crippen molar-refractivity contribution in [1.29, 1.82) is 0 Å². The van der Waals surface area contributed by atoms with Crippen LogP contribution in [0.25, 0.3) is 0 Å². The van der Waals surface area contributed by atoms with E-state index in [1.54, 1.807) is 0 Å². The zero-order valence-corrected chi connectivity index (χ0v) is 20.0. The standard InChI is InChI=1S/C21H33N5O2.HI/c1-4-16(3)25-20(28)18-10-8-17(9-11-18)14-23-21(22-5-2)24-15-19(27)26-12-6-7-13-26;/h8-11,16H,4-7,12-15H2,1-3H3,(H,25,28)(H2,22,23,24);1H. The molecular formula is C21H34IN5O2. The van der Waals surface area contributed by atoms with Gasteiger partial charge in [-0.05, 0) is 50.8 Å². The van der Waals surface area contributed by atoms with Crippen LogP contribution in [0.2, 0.25) is 0 Å². The number of aliphatic imine (C=N–C) groups is 1. The van der Waals surface area contributed by atoms with E-state index >= 15 is 0 Å². The van der Waals surface area contributed by atoms with Crippen LogP contribution in [0.5, 0.6) is 0 Å². The first-order valence-corrected chi connectivity index (χ1v) is 10.2. The SMILES string of the molecule is CCNC(=NCc1ccc(C(=O)NC(C)CC)cc1)NCC(=O)N1CCCC1.I. The molecule has 0 aliphatic carbocycles. The van der Waals surface area contributed by atoms with Gasteiger partial charge in [0.2, 0.25) is 5.91 Å². The van der Waals surface area contributed by atoms with Gasteiger partial charge >= 0.3 is 0 Å². The zero-order valence-electron chi connectivity index (χ0n) is 17.7. The lowest BCUT2D eigenvalue weighted by Crippen LogP contribution is -2.44. The minimum atomic E-state index is -0.0557. The normalized spacial score (nSPS) is 14.7. The number of likely N-dealkylation sites (tertiary alicyclic amines) is 1. The Bertz CT molecular complexity index is 672. The Labute approximate surface area is 191 Å². The number of benzene rings is 1. The minimum Gasteiger partial charge on any atom is -0.357 e. The van der Waals surface area contributed by atoms with Gasteiger partial charge in [0.15, 0.2) is 5.96 Å². The molecule has 1 unspecified atom stereocenters. The van der Waals surface area contributed by atoms with Gasteiger partial charge in [-0.3, -0.25) is 9.59 Å². The molecule has 1 fully saturated rings. The van der Waals surface area contributed by atoms with Crippen LogP contribution in [-0.2, 0) is 11.3 Å². The first kappa shape index (κ1) is 25.2. The van der Waals surface area contributed by atoms with Crippen LogP contribution in [-0.4, -0.2) is 54.9 Å². The minimum absolute atomic E-state index is 0. The number of hydrogen-bond acceptors (Lipinski definition) is 3. The molecule has 8 heteroatoms. The number of carbonyl (C=O) groups is 2. The van der Waals surface area contributed by atoms with Gasteiger partial charge in [0.1, 0.15) is 0 Å². The Balaban J connectivity index is 0.00000420. The topological polar surface area (TPSA) is 85.8 Å². The molecule has 0 saturated carbocycles. The van der Waals surface area contributed by atoms with Gasteiger partial charge in [0, 0.05) is 31.2 Å². The van der Waals surface area contributed by atoms with Crippen molar-refractivity contribution < 1.29 is 9.59 Å². The lowest BCUT2D eigenvalue weighted by atomic mass is 10.1. The molecule has 7 nitrogen and oxygen atoms in total. The van der Waals surface area contributed by atoms with E-state index in [1.165, 1.54) is 0 Å². The van der Waals surface area contributed by atoms with E-state index in [4.69, 9.17) is 0 Å². The smallest absolute Gasteiger partial charge is 0.251 e. The monoisotopic (exact) mass is 515 g/mol. The van der Waals surface area contributed by atoms with Crippen molar-refractivity contribution in [2.45, 2.75) is 52.6 Å². The summed E-state index contributed by atoms with van der Waals surface area (Å²) in [5.41, 5.74) is 1.65. The predicted octanol–water partition coefficient (Wildman–Crippen LogP) is 2.51. The molecule has 1 aromatic carbocycles. The Morgan fingerprint density at radius 2 is 1.76 bits per heavy atom. The Kier molecular flexibility index (Phi) is 11.6. The van der Waals surface area contributed by atoms with E-state index in [-0.39, 0.29) is 48.4 Å². The van der Waals surface area contributed by atoms with Crippen LogP contribution in [0.3, 0.4) is 0 Å². The zero-order chi connectivity index (χ0) is 20.4. The fourth-order valence-corrected chi connectivity index (χ4v) is 2.92. The van der Waals surface area contributed by atoms with Gasteiger partial charge in [-0.25, -0.2) is 4.99 Å². The summed E-state index contributed by atoms with van der Waals surface area (Å²) in [5.74, 6) is 0.674. The van der Waals surface area contributed by atoms with E-state index < -0.39 is 0 Å².